The predicted molar refractivity (Wildman–Crippen MR) is 45.8 cm³/mol. The SMILES string of the molecule is O=C(O)C(S)N1CCCCC1. The summed E-state index contributed by atoms with van der Waals surface area (Å²) >= 11 is 3.99. The molecule has 1 rings (SSSR count). The summed E-state index contributed by atoms with van der Waals surface area (Å²) in [4.78, 5) is 12.4. The Morgan fingerprint density at radius 3 is 2.36 bits per heavy atom. The number of nitrogens with zero attached hydrogens (tertiary/aromatic N) is 1. The maximum absolute atomic E-state index is 10.5. The van der Waals surface area contributed by atoms with Crippen LogP contribution in [0.4, 0.5) is 0 Å². The molecule has 11 heavy (non-hydrogen) atoms. The van der Waals surface area contributed by atoms with E-state index < -0.39 is 11.3 Å². The van der Waals surface area contributed by atoms with Gasteiger partial charge in [-0.15, -0.1) is 12.6 Å². The van der Waals surface area contributed by atoms with Gasteiger partial charge in [-0.1, -0.05) is 6.42 Å². The van der Waals surface area contributed by atoms with Crippen LogP contribution in [0.15, 0.2) is 0 Å². The average molecular weight is 175 g/mol. The van der Waals surface area contributed by atoms with Crippen molar-refractivity contribution in [3.8, 4) is 0 Å². The van der Waals surface area contributed by atoms with E-state index in [4.69, 9.17) is 5.11 Å². The summed E-state index contributed by atoms with van der Waals surface area (Å²) in [5.41, 5.74) is 0. The lowest BCUT2D eigenvalue weighted by atomic mass is 10.1. The van der Waals surface area contributed by atoms with Gasteiger partial charge in [0.25, 0.3) is 0 Å². The van der Waals surface area contributed by atoms with E-state index in [0.29, 0.717) is 0 Å². The zero-order valence-electron chi connectivity index (χ0n) is 6.36. The first-order valence-corrected chi connectivity index (χ1v) is 4.38. The van der Waals surface area contributed by atoms with E-state index in [0.717, 1.165) is 25.9 Å². The van der Waals surface area contributed by atoms with Gasteiger partial charge in [0.1, 0.15) is 0 Å². The maximum atomic E-state index is 10.5. The van der Waals surface area contributed by atoms with Crippen LogP contribution in [0.25, 0.3) is 0 Å². The fraction of sp³-hybridized carbons (Fsp3) is 0.857. The highest BCUT2D eigenvalue weighted by Gasteiger charge is 2.22. The number of piperidine rings is 1. The third-order valence-electron chi connectivity index (χ3n) is 1.96. The third-order valence-corrected chi connectivity index (χ3v) is 2.50. The summed E-state index contributed by atoms with van der Waals surface area (Å²) < 4.78 is 0. The van der Waals surface area contributed by atoms with Gasteiger partial charge in [0, 0.05) is 0 Å². The average Bonchev–Trinajstić information content (AvgIpc) is 2.05. The lowest BCUT2D eigenvalue weighted by Crippen LogP contribution is -2.40. The molecule has 1 atom stereocenters. The van der Waals surface area contributed by atoms with Crippen LogP contribution in [0.5, 0.6) is 0 Å². The van der Waals surface area contributed by atoms with Crippen molar-refractivity contribution < 1.29 is 9.90 Å². The van der Waals surface area contributed by atoms with E-state index in [2.05, 4.69) is 12.6 Å². The zero-order chi connectivity index (χ0) is 8.27. The molecule has 1 aliphatic heterocycles. The highest BCUT2D eigenvalue weighted by atomic mass is 32.1. The van der Waals surface area contributed by atoms with Gasteiger partial charge >= 0.3 is 5.97 Å². The molecule has 64 valence electrons. The number of carboxylic acids is 1. The fourth-order valence-corrected chi connectivity index (χ4v) is 1.55. The third kappa shape index (κ3) is 2.38. The van der Waals surface area contributed by atoms with E-state index in [1.54, 1.807) is 0 Å². The van der Waals surface area contributed by atoms with Gasteiger partial charge in [0.15, 0.2) is 5.37 Å². The molecular formula is C7H13NO2S. The first-order valence-electron chi connectivity index (χ1n) is 3.87. The van der Waals surface area contributed by atoms with Crippen molar-refractivity contribution in [3.05, 3.63) is 0 Å². The second-order valence-corrected chi connectivity index (χ2v) is 3.30. The zero-order valence-corrected chi connectivity index (χ0v) is 7.26. The van der Waals surface area contributed by atoms with E-state index in [-0.39, 0.29) is 0 Å². The highest BCUT2D eigenvalue weighted by molar-refractivity contribution is 7.81. The summed E-state index contributed by atoms with van der Waals surface area (Å²) in [6, 6.07) is 0. The molecule has 1 fully saturated rings. The molecule has 4 heteroatoms. The number of likely N-dealkylation sites (tertiary alicyclic amines) is 1. The molecule has 0 bridgehead atoms. The fourth-order valence-electron chi connectivity index (χ4n) is 1.32. The minimum absolute atomic E-state index is 0.602. The van der Waals surface area contributed by atoms with Crippen LogP contribution in [0.2, 0.25) is 0 Å². The summed E-state index contributed by atoms with van der Waals surface area (Å²) in [5, 5.41) is 8.01. The Hall–Kier alpha value is -0.220. The minimum atomic E-state index is -0.838. The molecule has 0 amide bonds. The van der Waals surface area contributed by atoms with E-state index in [9.17, 15) is 4.79 Å². The molecule has 0 aromatic heterocycles. The number of hydrogen-bond donors (Lipinski definition) is 2. The van der Waals surface area contributed by atoms with Crippen LogP contribution in [0.1, 0.15) is 19.3 Å². The molecule has 1 aliphatic rings. The van der Waals surface area contributed by atoms with Crippen LogP contribution in [-0.2, 0) is 4.79 Å². The van der Waals surface area contributed by atoms with Gasteiger partial charge in [0.05, 0.1) is 0 Å². The van der Waals surface area contributed by atoms with Crippen LogP contribution in [0.3, 0.4) is 0 Å². The summed E-state index contributed by atoms with van der Waals surface area (Å²) in [6.07, 6.45) is 3.42. The number of rotatable bonds is 2. The Morgan fingerprint density at radius 2 is 1.91 bits per heavy atom. The molecule has 1 unspecified atom stereocenters. The minimum Gasteiger partial charge on any atom is -0.479 e. The lowest BCUT2D eigenvalue weighted by molar-refractivity contribution is -0.139. The molecule has 1 saturated heterocycles. The smallest absolute Gasteiger partial charge is 0.331 e. The molecular weight excluding hydrogens is 162 g/mol. The number of thiol groups is 1. The maximum Gasteiger partial charge on any atom is 0.331 e. The van der Waals surface area contributed by atoms with Crippen molar-refractivity contribution in [1.29, 1.82) is 0 Å². The molecule has 0 spiro atoms. The van der Waals surface area contributed by atoms with E-state index >= 15 is 0 Å². The largest absolute Gasteiger partial charge is 0.479 e. The summed E-state index contributed by atoms with van der Waals surface area (Å²) in [7, 11) is 0. The highest BCUT2D eigenvalue weighted by Crippen LogP contribution is 2.13. The second-order valence-electron chi connectivity index (χ2n) is 2.81. The van der Waals surface area contributed by atoms with Crippen LogP contribution in [0, 0.1) is 0 Å². The van der Waals surface area contributed by atoms with Crippen LogP contribution in [-0.4, -0.2) is 34.4 Å². The molecule has 0 aromatic rings. The first-order chi connectivity index (χ1) is 5.22. The van der Waals surface area contributed by atoms with Gasteiger partial charge in [-0.3, -0.25) is 4.90 Å². The Morgan fingerprint density at radius 1 is 1.36 bits per heavy atom. The van der Waals surface area contributed by atoms with Gasteiger partial charge in [-0.25, -0.2) is 4.79 Å². The quantitative estimate of drug-likeness (QED) is 0.610. The van der Waals surface area contributed by atoms with Crippen molar-refractivity contribution in [2.75, 3.05) is 13.1 Å². The topological polar surface area (TPSA) is 40.5 Å². The Kier molecular flexibility index (Phi) is 3.20. The van der Waals surface area contributed by atoms with Crippen LogP contribution < -0.4 is 0 Å². The Balaban J connectivity index is 2.38. The van der Waals surface area contributed by atoms with Crippen molar-refractivity contribution >= 4 is 18.6 Å². The molecule has 1 heterocycles. The molecule has 0 saturated carbocycles. The monoisotopic (exact) mass is 175 g/mol. The Bertz CT molecular complexity index is 145. The molecule has 0 aromatic carbocycles. The summed E-state index contributed by atoms with van der Waals surface area (Å²) in [5.74, 6) is -0.838. The number of aliphatic carboxylic acids is 1. The predicted octanol–water partition coefficient (Wildman–Crippen LogP) is 0.813. The van der Waals surface area contributed by atoms with Crippen molar-refractivity contribution in [2.45, 2.75) is 24.6 Å². The number of carbonyl (C=O) groups is 1. The van der Waals surface area contributed by atoms with Crippen molar-refractivity contribution in [1.82, 2.24) is 4.90 Å². The summed E-state index contributed by atoms with van der Waals surface area (Å²) in [6.45, 7) is 1.75. The van der Waals surface area contributed by atoms with E-state index in [1.165, 1.54) is 6.42 Å². The van der Waals surface area contributed by atoms with Gasteiger partial charge in [-0.2, -0.15) is 0 Å². The lowest BCUT2D eigenvalue weighted by Gasteiger charge is -2.28. The van der Waals surface area contributed by atoms with Gasteiger partial charge < -0.3 is 5.11 Å². The van der Waals surface area contributed by atoms with Gasteiger partial charge in [-0.05, 0) is 25.9 Å². The first kappa shape index (κ1) is 8.87. The molecule has 1 N–H and O–H groups in total. The number of carboxylic acid groups (broad SMARTS) is 1. The van der Waals surface area contributed by atoms with E-state index in [1.807, 2.05) is 4.90 Å². The van der Waals surface area contributed by atoms with Gasteiger partial charge in [0.2, 0.25) is 0 Å². The molecule has 3 nitrogen and oxygen atoms in total. The van der Waals surface area contributed by atoms with Crippen molar-refractivity contribution in [3.63, 3.8) is 0 Å². The second kappa shape index (κ2) is 3.97. The Labute approximate surface area is 71.8 Å². The van der Waals surface area contributed by atoms with Crippen LogP contribution >= 0.6 is 12.6 Å². The molecule has 0 radical (unpaired) electrons. The van der Waals surface area contributed by atoms with Crippen molar-refractivity contribution in [2.24, 2.45) is 0 Å². The number of hydrogen-bond acceptors (Lipinski definition) is 3. The standard InChI is InChI=1S/C7H13NO2S/c9-7(10)6(11)8-4-2-1-3-5-8/h6,11H,1-5H2,(H,9,10). The normalized spacial score (nSPS) is 23.0. The molecule has 0 aliphatic carbocycles.